The maximum atomic E-state index is 4.24. The second kappa shape index (κ2) is 2.94. The molecule has 0 saturated heterocycles. The van der Waals surface area contributed by atoms with E-state index in [1.54, 1.807) is 0 Å². The van der Waals surface area contributed by atoms with Crippen molar-refractivity contribution < 1.29 is 0 Å². The molecule has 50 valence electrons. The Morgan fingerprint density at radius 2 is 2.56 bits per heavy atom. The lowest BCUT2D eigenvalue weighted by molar-refractivity contribution is 0.780. The topological polar surface area (TPSA) is 27.8 Å². The van der Waals surface area contributed by atoms with Crippen LogP contribution in [0.3, 0.4) is 0 Å². The second-order valence-electron chi connectivity index (χ2n) is 1.82. The minimum absolute atomic E-state index is 0.125. The summed E-state index contributed by atoms with van der Waals surface area (Å²) in [5.41, 5.74) is 1.10. The van der Waals surface area contributed by atoms with Crippen LogP contribution in [-0.4, -0.2) is 12.0 Å². The molecule has 0 saturated carbocycles. The van der Waals surface area contributed by atoms with E-state index in [1.165, 1.54) is 0 Å². The minimum atomic E-state index is 0.125. The molecule has 1 heterocycles. The Morgan fingerprint density at radius 1 is 1.78 bits per heavy atom. The third kappa shape index (κ3) is 1.50. The van der Waals surface area contributed by atoms with Gasteiger partial charge in [-0.25, -0.2) is 0 Å². The van der Waals surface area contributed by atoms with Gasteiger partial charge in [0.2, 0.25) is 0 Å². The van der Waals surface area contributed by atoms with Crippen molar-refractivity contribution >= 4 is 12.6 Å². The molecule has 9 heavy (non-hydrogen) atoms. The lowest BCUT2D eigenvalue weighted by Gasteiger charge is -2.04. The molecule has 0 spiro atoms. The monoisotopic (exact) mass is 142 g/mol. The van der Waals surface area contributed by atoms with Gasteiger partial charge in [-0.2, -0.15) is 12.6 Å². The summed E-state index contributed by atoms with van der Waals surface area (Å²) in [6.45, 7) is 0. The molecule has 1 atom stereocenters. The van der Waals surface area contributed by atoms with Gasteiger partial charge in [0.15, 0.2) is 0 Å². The van der Waals surface area contributed by atoms with Crippen LogP contribution >= 0.6 is 12.6 Å². The molecule has 0 aromatic carbocycles. The number of hydrogen-bond donors (Lipinski definition) is 3. The highest BCUT2D eigenvalue weighted by molar-refractivity contribution is 7.80. The van der Waals surface area contributed by atoms with Crippen LogP contribution in [0.25, 0.3) is 0 Å². The molecular weight excluding hydrogens is 132 g/mol. The molecule has 1 aromatic heterocycles. The van der Waals surface area contributed by atoms with Crippen molar-refractivity contribution in [2.24, 2.45) is 0 Å². The zero-order chi connectivity index (χ0) is 6.69. The van der Waals surface area contributed by atoms with E-state index in [1.807, 2.05) is 25.4 Å². The van der Waals surface area contributed by atoms with Gasteiger partial charge in [-0.1, -0.05) is 0 Å². The summed E-state index contributed by atoms with van der Waals surface area (Å²) in [6.07, 6.45) is 1.88. The minimum Gasteiger partial charge on any atom is -0.363 e. The van der Waals surface area contributed by atoms with E-state index in [-0.39, 0.29) is 5.37 Å². The highest BCUT2D eigenvalue weighted by Gasteiger charge is 2.00. The molecule has 2 N–H and O–H groups in total. The van der Waals surface area contributed by atoms with E-state index < -0.39 is 0 Å². The van der Waals surface area contributed by atoms with Crippen molar-refractivity contribution in [3.05, 3.63) is 24.0 Å². The van der Waals surface area contributed by atoms with E-state index >= 15 is 0 Å². The molecule has 0 bridgehead atoms. The van der Waals surface area contributed by atoms with Gasteiger partial charge in [-0.05, 0) is 19.2 Å². The van der Waals surface area contributed by atoms with E-state index in [9.17, 15) is 0 Å². The van der Waals surface area contributed by atoms with Gasteiger partial charge in [0, 0.05) is 11.9 Å². The van der Waals surface area contributed by atoms with Gasteiger partial charge in [0.25, 0.3) is 0 Å². The second-order valence-corrected chi connectivity index (χ2v) is 2.33. The van der Waals surface area contributed by atoms with Crippen LogP contribution in [-0.2, 0) is 0 Å². The third-order valence-corrected chi connectivity index (χ3v) is 1.73. The first-order chi connectivity index (χ1) is 4.34. The van der Waals surface area contributed by atoms with Crippen molar-refractivity contribution in [1.29, 1.82) is 0 Å². The largest absolute Gasteiger partial charge is 0.363 e. The van der Waals surface area contributed by atoms with Gasteiger partial charge in [-0.3, -0.25) is 0 Å². The predicted molar refractivity (Wildman–Crippen MR) is 41.6 cm³/mol. The zero-order valence-corrected chi connectivity index (χ0v) is 6.15. The van der Waals surface area contributed by atoms with Gasteiger partial charge in [0.1, 0.15) is 0 Å². The Balaban J connectivity index is 2.65. The van der Waals surface area contributed by atoms with Gasteiger partial charge in [-0.15, -0.1) is 0 Å². The standard InChI is InChI=1S/C6H10N2S/c1-7-6(9)5-3-2-4-8-5/h2-4,6-9H,1H3. The fraction of sp³-hybridized carbons (Fsp3) is 0.333. The maximum absolute atomic E-state index is 4.24. The van der Waals surface area contributed by atoms with E-state index in [4.69, 9.17) is 0 Å². The molecule has 0 radical (unpaired) electrons. The van der Waals surface area contributed by atoms with Crippen LogP contribution in [0.5, 0.6) is 0 Å². The van der Waals surface area contributed by atoms with Crippen molar-refractivity contribution in [2.75, 3.05) is 7.05 Å². The number of H-pyrrole nitrogens is 1. The summed E-state index contributed by atoms with van der Waals surface area (Å²) in [4.78, 5) is 3.05. The normalized spacial score (nSPS) is 13.6. The molecule has 1 rings (SSSR count). The Labute approximate surface area is 60.1 Å². The Hall–Kier alpha value is -0.410. The lowest BCUT2D eigenvalue weighted by Crippen LogP contribution is -2.09. The third-order valence-electron chi connectivity index (χ3n) is 1.19. The van der Waals surface area contributed by atoms with Crippen LogP contribution in [0.4, 0.5) is 0 Å². The number of aromatic nitrogens is 1. The lowest BCUT2D eigenvalue weighted by atomic mass is 10.4. The number of rotatable bonds is 2. The zero-order valence-electron chi connectivity index (χ0n) is 5.26. The Kier molecular flexibility index (Phi) is 2.19. The Bertz CT molecular complexity index is 160. The van der Waals surface area contributed by atoms with Crippen LogP contribution in [0, 0.1) is 0 Å². The molecule has 2 nitrogen and oxygen atoms in total. The number of aromatic amines is 1. The van der Waals surface area contributed by atoms with Crippen molar-refractivity contribution in [2.45, 2.75) is 5.37 Å². The average molecular weight is 142 g/mol. The van der Waals surface area contributed by atoms with Crippen LogP contribution in [0.1, 0.15) is 11.1 Å². The average Bonchev–Trinajstić information content (AvgIpc) is 2.37. The van der Waals surface area contributed by atoms with E-state index in [2.05, 4.69) is 22.9 Å². The summed E-state index contributed by atoms with van der Waals surface area (Å²) in [7, 11) is 1.87. The first-order valence-corrected chi connectivity index (χ1v) is 3.35. The molecule has 0 fully saturated rings. The highest BCUT2D eigenvalue weighted by atomic mass is 32.1. The molecule has 1 aromatic rings. The first-order valence-electron chi connectivity index (χ1n) is 2.83. The van der Waals surface area contributed by atoms with Crippen LogP contribution in [0.2, 0.25) is 0 Å². The summed E-state index contributed by atoms with van der Waals surface area (Å²) < 4.78 is 0. The van der Waals surface area contributed by atoms with Crippen molar-refractivity contribution in [1.82, 2.24) is 10.3 Å². The number of nitrogens with one attached hydrogen (secondary N) is 2. The quantitative estimate of drug-likeness (QED) is 0.419. The van der Waals surface area contributed by atoms with Crippen LogP contribution in [0.15, 0.2) is 18.3 Å². The molecular formula is C6H10N2S. The molecule has 3 heteroatoms. The van der Waals surface area contributed by atoms with Gasteiger partial charge >= 0.3 is 0 Å². The predicted octanol–water partition coefficient (Wildman–Crippen LogP) is 1.16. The van der Waals surface area contributed by atoms with Gasteiger partial charge < -0.3 is 10.3 Å². The van der Waals surface area contributed by atoms with Crippen LogP contribution < -0.4 is 5.32 Å². The van der Waals surface area contributed by atoms with E-state index in [0.717, 1.165) is 5.69 Å². The molecule has 0 aliphatic carbocycles. The fourth-order valence-electron chi connectivity index (χ4n) is 0.670. The molecule has 0 amide bonds. The summed E-state index contributed by atoms with van der Waals surface area (Å²) in [5, 5.41) is 3.13. The summed E-state index contributed by atoms with van der Waals surface area (Å²) in [6, 6.07) is 3.95. The highest BCUT2D eigenvalue weighted by Crippen LogP contribution is 2.11. The van der Waals surface area contributed by atoms with Crippen molar-refractivity contribution in [3.63, 3.8) is 0 Å². The molecule has 0 aliphatic heterocycles. The SMILES string of the molecule is CNC(S)c1ccc[nH]1. The summed E-state index contributed by atoms with van der Waals surface area (Å²) >= 11 is 4.24. The summed E-state index contributed by atoms with van der Waals surface area (Å²) in [5.74, 6) is 0. The molecule has 0 aliphatic rings. The molecule has 1 unspecified atom stereocenters. The number of thiol groups is 1. The van der Waals surface area contributed by atoms with Gasteiger partial charge in [0.05, 0.1) is 5.37 Å². The van der Waals surface area contributed by atoms with Crippen molar-refractivity contribution in [3.8, 4) is 0 Å². The Morgan fingerprint density at radius 3 is 3.00 bits per heavy atom. The first kappa shape index (κ1) is 6.71. The fourth-order valence-corrected chi connectivity index (χ4v) is 0.830. The smallest absolute Gasteiger partial charge is 0.0908 e. The maximum Gasteiger partial charge on any atom is 0.0908 e. The van der Waals surface area contributed by atoms with E-state index in [0.29, 0.717) is 0 Å². The number of hydrogen-bond acceptors (Lipinski definition) is 2.